The van der Waals surface area contributed by atoms with Crippen molar-refractivity contribution in [1.29, 1.82) is 0 Å². The largest absolute Gasteiger partial charge is 0.481 e. The number of hydrogen-bond acceptors (Lipinski definition) is 3. The summed E-state index contributed by atoms with van der Waals surface area (Å²) in [4.78, 5) is 23.7. The van der Waals surface area contributed by atoms with Crippen LogP contribution in [0.4, 0.5) is 0 Å². The molecular weight excluding hydrogens is 330 g/mol. The van der Waals surface area contributed by atoms with Crippen LogP contribution >= 0.6 is 11.6 Å². The normalized spacial score (nSPS) is 12.0. The molecule has 0 fully saturated rings. The minimum atomic E-state index is -0.958. The van der Waals surface area contributed by atoms with Gasteiger partial charge in [0.25, 0.3) is 5.91 Å². The van der Waals surface area contributed by atoms with Crippen molar-refractivity contribution in [2.24, 2.45) is 13.0 Å². The summed E-state index contributed by atoms with van der Waals surface area (Å²) in [7, 11) is 1.69. The van der Waals surface area contributed by atoms with Gasteiger partial charge in [0.1, 0.15) is 0 Å². The number of aliphatic carboxylic acids is 1. The second-order valence-electron chi connectivity index (χ2n) is 5.81. The monoisotopic (exact) mass is 349 g/mol. The van der Waals surface area contributed by atoms with Gasteiger partial charge in [-0.05, 0) is 25.8 Å². The van der Waals surface area contributed by atoms with Crippen molar-refractivity contribution < 1.29 is 14.7 Å². The van der Waals surface area contributed by atoms with Crippen molar-refractivity contribution in [2.75, 3.05) is 6.54 Å². The summed E-state index contributed by atoms with van der Waals surface area (Å²) in [6, 6.07) is 7.66. The molecule has 1 aromatic carbocycles. The molecule has 1 unspecified atom stereocenters. The van der Waals surface area contributed by atoms with Crippen molar-refractivity contribution in [3.8, 4) is 0 Å². The fourth-order valence-corrected chi connectivity index (χ4v) is 2.64. The molecule has 2 aromatic rings. The minimum absolute atomic E-state index is 0.00800. The van der Waals surface area contributed by atoms with Crippen LogP contribution in [0.3, 0.4) is 0 Å². The summed E-state index contributed by atoms with van der Waals surface area (Å²) in [5.41, 5.74) is 2.77. The van der Waals surface area contributed by atoms with Gasteiger partial charge in [0.2, 0.25) is 0 Å². The summed E-state index contributed by atoms with van der Waals surface area (Å²) >= 11 is 6.07. The molecule has 2 N–H and O–H groups in total. The predicted octanol–water partition coefficient (Wildman–Crippen LogP) is 2.36. The number of hydrogen-bond donors (Lipinski definition) is 2. The van der Waals surface area contributed by atoms with Crippen LogP contribution in [0, 0.1) is 19.8 Å². The molecule has 0 saturated heterocycles. The van der Waals surface area contributed by atoms with E-state index in [4.69, 9.17) is 11.6 Å². The van der Waals surface area contributed by atoms with Crippen LogP contribution in [0.25, 0.3) is 0 Å². The lowest BCUT2D eigenvalue weighted by Crippen LogP contribution is -2.34. The first kappa shape index (κ1) is 18.0. The highest BCUT2D eigenvalue weighted by atomic mass is 35.5. The molecule has 1 atom stereocenters. The van der Waals surface area contributed by atoms with E-state index in [-0.39, 0.29) is 17.3 Å². The Kier molecular flexibility index (Phi) is 5.62. The number of benzene rings is 1. The number of halogens is 1. The van der Waals surface area contributed by atoms with Crippen molar-refractivity contribution in [1.82, 2.24) is 15.1 Å². The lowest BCUT2D eigenvalue weighted by atomic mass is 9.98. The van der Waals surface area contributed by atoms with Crippen LogP contribution < -0.4 is 5.32 Å². The maximum absolute atomic E-state index is 12.2. The number of carbonyl (C=O) groups excluding carboxylic acids is 1. The molecule has 6 nitrogen and oxygen atoms in total. The number of amides is 1. The Balaban J connectivity index is 2.04. The van der Waals surface area contributed by atoms with Gasteiger partial charge in [-0.3, -0.25) is 14.3 Å². The molecule has 0 aliphatic carbocycles. The maximum atomic E-state index is 12.2. The van der Waals surface area contributed by atoms with E-state index in [1.54, 1.807) is 14.0 Å². The standard InChI is InChI=1S/C17H20ClN3O3/c1-10-5-4-6-12(7-10)8-13(17(23)24)9-19-16(22)15-14(18)11(2)21(3)20-15/h4-7,13H,8-9H2,1-3H3,(H,19,22)(H,23,24). The second-order valence-corrected chi connectivity index (χ2v) is 6.19. The molecule has 0 radical (unpaired) electrons. The van der Waals surface area contributed by atoms with Crippen LogP contribution in [0.2, 0.25) is 5.02 Å². The van der Waals surface area contributed by atoms with E-state index in [2.05, 4.69) is 10.4 Å². The quantitative estimate of drug-likeness (QED) is 0.838. The number of carboxylic acids is 1. The summed E-state index contributed by atoms with van der Waals surface area (Å²) < 4.78 is 1.51. The molecule has 1 aromatic heterocycles. The average Bonchev–Trinajstić information content (AvgIpc) is 2.78. The molecule has 0 aliphatic heterocycles. The Morgan fingerprint density at radius 3 is 2.62 bits per heavy atom. The molecule has 0 saturated carbocycles. The third-order valence-corrected chi connectivity index (χ3v) is 4.35. The number of rotatable bonds is 6. The Morgan fingerprint density at radius 1 is 1.38 bits per heavy atom. The van der Waals surface area contributed by atoms with Gasteiger partial charge in [-0.2, -0.15) is 5.10 Å². The van der Waals surface area contributed by atoms with Gasteiger partial charge in [0, 0.05) is 13.6 Å². The van der Waals surface area contributed by atoms with Crippen LogP contribution in [0.1, 0.15) is 27.3 Å². The predicted molar refractivity (Wildman–Crippen MR) is 91.3 cm³/mol. The first-order valence-electron chi connectivity index (χ1n) is 7.55. The van der Waals surface area contributed by atoms with E-state index in [9.17, 15) is 14.7 Å². The van der Waals surface area contributed by atoms with E-state index >= 15 is 0 Å². The van der Waals surface area contributed by atoms with Crippen LogP contribution in [0.5, 0.6) is 0 Å². The van der Waals surface area contributed by atoms with Crippen molar-refractivity contribution in [2.45, 2.75) is 20.3 Å². The molecule has 2 rings (SSSR count). The van der Waals surface area contributed by atoms with Gasteiger partial charge in [-0.15, -0.1) is 0 Å². The fraction of sp³-hybridized carbons (Fsp3) is 0.353. The lowest BCUT2D eigenvalue weighted by Gasteiger charge is -2.13. The number of nitrogens with zero attached hydrogens (tertiary/aromatic N) is 2. The average molecular weight is 350 g/mol. The zero-order valence-corrected chi connectivity index (χ0v) is 14.6. The molecule has 1 amide bonds. The van der Waals surface area contributed by atoms with Crippen molar-refractivity contribution >= 4 is 23.5 Å². The minimum Gasteiger partial charge on any atom is -0.481 e. The number of carbonyl (C=O) groups is 2. The molecule has 128 valence electrons. The lowest BCUT2D eigenvalue weighted by molar-refractivity contribution is -0.141. The molecule has 0 bridgehead atoms. The Hall–Kier alpha value is -2.34. The number of carboxylic acid groups (broad SMARTS) is 1. The fourth-order valence-electron chi connectivity index (χ4n) is 2.40. The molecule has 0 aliphatic rings. The van der Waals surface area contributed by atoms with E-state index in [0.29, 0.717) is 12.1 Å². The third-order valence-electron chi connectivity index (χ3n) is 3.90. The van der Waals surface area contributed by atoms with Gasteiger partial charge >= 0.3 is 5.97 Å². The van der Waals surface area contributed by atoms with Gasteiger partial charge in [-0.1, -0.05) is 41.4 Å². The summed E-state index contributed by atoms with van der Waals surface area (Å²) in [6.07, 6.45) is 0.340. The van der Waals surface area contributed by atoms with Crippen LogP contribution in [-0.2, 0) is 18.3 Å². The smallest absolute Gasteiger partial charge is 0.308 e. The molecule has 7 heteroatoms. The Labute approximate surface area is 145 Å². The van der Waals surface area contributed by atoms with Crippen molar-refractivity contribution in [3.63, 3.8) is 0 Å². The van der Waals surface area contributed by atoms with Crippen molar-refractivity contribution in [3.05, 3.63) is 51.8 Å². The summed E-state index contributed by atoms with van der Waals surface area (Å²) in [6.45, 7) is 3.71. The zero-order valence-electron chi connectivity index (χ0n) is 13.8. The number of nitrogens with one attached hydrogen (secondary N) is 1. The molecule has 0 spiro atoms. The van der Waals surface area contributed by atoms with Gasteiger partial charge in [0.05, 0.1) is 16.6 Å². The Morgan fingerprint density at radius 2 is 2.08 bits per heavy atom. The van der Waals surface area contributed by atoms with Gasteiger partial charge < -0.3 is 10.4 Å². The maximum Gasteiger partial charge on any atom is 0.308 e. The second kappa shape index (κ2) is 7.49. The molecule has 1 heterocycles. The summed E-state index contributed by atoms with van der Waals surface area (Å²) in [5.74, 6) is -2.15. The third kappa shape index (κ3) is 4.14. The Bertz CT molecular complexity index is 770. The van der Waals surface area contributed by atoms with Gasteiger partial charge in [0.15, 0.2) is 5.69 Å². The highest BCUT2D eigenvalue weighted by Crippen LogP contribution is 2.19. The molecular formula is C17H20ClN3O3. The van der Waals surface area contributed by atoms with Crippen LogP contribution in [0.15, 0.2) is 24.3 Å². The van der Waals surface area contributed by atoms with E-state index in [0.717, 1.165) is 11.1 Å². The van der Waals surface area contributed by atoms with E-state index in [1.807, 2.05) is 31.2 Å². The first-order valence-corrected chi connectivity index (χ1v) is 7.93. The number of aromatic nitrogens is 2. The topological polar surface area (TPSA) is 84.2 Å². The number of aryl methyl sites for hydroxylation is 2. The zero-order chi connectivity index (χ0) is 17.9. The first-order chi connectivity index (χ1) is 11.3. The highest BCUT2D eigenvalue weighted by molar-refractivity contribution is 6.34. The highest BCUT2D eigenvalue weighted by Gasteiger charge is 2.22. The van der Waals surface area contributed by atoms with E-state index < -0.39 is 17.8 Å². The van der Waals surface area contributed by atoms with E-state index in [1.165, 1.54) is 4.68 Å². The molecule has 24 heavy (non-hydrogen) atoms. The van der Waals surface area contributed by atoms with Gasteiger partial charge in [-0.25, -0.2) is 0 Å². The SMILES string of the molecule is Cc1cccc(CC(CNC(=O)c2nn(C)c(C)c2Cl)C(=O)O)c1. The van der Waals surface area contributed by atoms with Crippen LogP contribution in [-0.4, -0.2) is 33.3 Å². The summed E-state index contributed by atoms with van der Waals surface area (Å²) in [5, 5.41) is 16.3.